The second-order valence-corrected chi connectivity index (χ2v) is 8.02. The highest BCUT2D eigenvalue weighted by molar-refractivity contribution is 5.97. The summed E-state index contributed by atoms with van der Waals surface area (Å²) in [4.78, 5) is 46.9. The lowest BCUT2D eigenvalue weighted by atomic mass is 10.0. The van der Waals surface area contributed by atoms with Crippen LogP contribution in [-0.2, 0) is 22.4 Å². The molecule has 16 heteroatoms. The third-order valence-electron chi connectivity index (χ3n) is 5.18. The fraction of sp³-hybridized carbons (Fsp3) is 0.409. The van der Waals surface area contributed by atoms with E-state index in [-0.39, 0.29) is 30.6 Å². The monoisotopic (exact) mass is 554 g/mol. The van der Waals surface area contributed by atoms with Crippen molar-refractivity contribution in [2.45, 2.75) is 32.1 Å². The zero-order valence-electron chi connectivity index (χ0n) is 19.6. The van der Waals surface area contributed by atoms with E-state index < -0.39 is 49.0 Å². The lowest BCUT2D eigenvalue weighted by Gasteiger charge is -2.34. The number of aromatic nitrogens is 2. The minimum absolute atomic E-state index is 0.133. The maximum Gasteiger partial charge on any atom is 0.490 e. The number of halogens is 7. The molecule has 0 radical (unpaired) electrons. The molecule has 1 aliphatic heterocycles. The summed E-state index contributed by atoms with van der Waals surface area (Å²) < 4.78 is 83.7. The normalized spacial score (nSPS) is 14.2. The molecule has 0 aliphatic carbocycles. The number of amides is 2. The Labute approximate surface area is 209 Å². The highest BCUT2D eigenvalue weighted by Crippen LogP contribution is 2.20. The van der Waals surface area contributed by atoms with E-state index in [1.807, 2.05) is 6.92 Å². The Balaban J connectivity index is 0.000000638. The molecule has 3 rings (SSSR count). The lowest BCUT2D eigenvalue weighted by molar-refractivity contribution is -0.192. The van der Waals surface area contributed by atoms with E-state index in [2.05, 4.69) is 10.2 Å². The summed E-state index contributed by atoms with van der Waals surface area (Å²) in [5.41, 5.74) is 1.04. The van der Waals surface area contributed by atoms with Crippen molar-refractivity contribution < 1.29 is 50.2 Å². The molecular weight excluding hydrogens is 533 g/mol. The highest BCUT2D eigenvalue weighted by Gasteiger charge is 2.38. The van der Waals surface area contributed by atoms with Gasteiger partial charge in [-0.3, -0.25) is 14.4 Å². The first kappa shape index (κ1) is 30.2. The Hall–Kier alpha value is -3.98. The number of rotatable bonds is 5. The van der Waals surface area contributed by atoms with Crippen molar-refractivity contribution in [2.75, 3.05) is 26.2 Å². The number of alkyl halides is 6. The van der Waals surface area contributed by atoms with Gasteiger partial charge in [0, 0.05) is 25.1 Å². The van der Waals surface area contributed by atoms with Gasteiger partial charge in [-0.1, -0.05) is 13.0 Å². The number of carboxylic acids is 1. The molecule has 0 saturated carbocycles. The van der Waals surface area contributed by atoms with Crippen molar-refractivity contribution in [1.82, 2.24) is 20.0 Å². The van der Waals surface area contributed by atoms with Crippen LogP contribution in [0.4, 0.5) is 30.7 Å². The minimum Gasteiger partial charge on any atom is -0.475 e. The molecule has 2 heterocycles. The Morgan fingerprint density at radius 3 is 2.24 bits per heavy atom. The predicted molar refractivity (Wildman–Crippen MR) is 116 cm³/mol. The van der Waals surface area contributed by atoms with Crippen LogP contribution in [-0.4, -0.2) is 81.4 Å². The molecule has 208 valence electrons. The first-order valence-electron chi connectivity index (χ1n) is 10.8. The highest BCUT2D eigenvalue weighted by atomic mass is 19.4. The largest absolute Gasteiger partial charge is 0.490 e. The van der Waals surface area contributed by atoms with Gasteiger partial charge in [0.05, 0.1) is 11.3 Å². The third kappa shape index (κ3) is 8.55. The molecule has 2 N–H and O–H groups in total. The van der Waals surface area contributed by atoms with Gasteiger partial charge < -0.3 is 14.9 Å². The van der Waals surface area contributed by atoms with Crippen LogP contribution in [0, 0.1) is 5.82 Å². The van der Waals surface area contributed by atoms with Gasteiger partial charge in [0.2, 0.25) is 5.91 Å². The van der Waals surface area contributed by atoms with Crippen LogP contribution in [0.15, 0.2) is 29.1 Å². The van der Waals surface area contributed by atoms with E-state index in [1.165, 1.54) is 12.1 Å². The van der Waals surface area contributed by atoms with Crippen LogP contribution < -0.4 is 5.56 Å². The average molecular weight is 554 g/mol. The topological polar surface area (TPSA) is 124 Å². The number of piperazine rings is 1. The second kappa shape index (κ2) is 12.0. The zero-order valence-corrected chi connectivity index (χ0v) is 19.6. The van der Waals surface area contributed by atoms with Crippen molar-refractivity contribution >= 4 is 17.8 Å². The van der Waals surface area contributed by atoms with Crippen molar-refractivity contribution in [2.24, 2.45) is 0 Å². The summed E-state index contributed by atoms with van der Waals surface area (Å²) in [7, 11) is 0. The molecule has 0 bridgehead atoms. The SMILES string of the molecule is CCc1cc(Cc2ccc(F)c(C(=O)N3CCN(CC(F)(F)F)C(=O)C3)c2)n[nH]c1=O.O=C(O)C(F)(F)F. The van der Waals surface area contributed by atoms with Crippen LogP contribution in [0.5, 0.6) is 0 Å². The number of aryl methyl sites for hydroxylation is 1. The molecule has 1 aliphatic rings. The van der Waals surface area contributed by atoms with Crippen molar-refractivity contribution in [3.05, 3.63) is 62.8 Å². The first-order valence-corrected chi connectivity index (χ1v) is 10.8. The first-order chi connectivity index (χ1) is 17.5. The van der Waals surface area contributed by atoms with Crippen LogP contribution in [0.25, 0.3) is 0 Å². The minimum atomic E-state index is -5.08. The fourth-order valence-electron chi connectivity index (χ4n) is 3.34. The Bertz CT molecular complexity index is 1240. The van der Waals surface area contributed by atoms with Gasteiger partial charge in [0.25, 0.3) is 11.5 Å². The summed E-state index contributed by atoms with van der Waals surface area (Å²) in [5.74, 6) is -5.18. The number of hydrogen-bond donors (Lipinski definition) is 2. The van der Waals surface area contributed by atoms with E-state index in [0.717, 1.165) is 11.0 Å². The number of aromatic amines is 1. The Kier molecular flexibility index (Phi) is 9.59. The number of benzene rings is 1. The predicted octanol–water partition coefficient (Wildman–Crippen LogP) is 2.54. The molecule has 0 spiro atoms. The molecule has 2 amide bonds. The van der Waals surface area contributed by atoms with E-state index in [4.69, 9.17) is 9.90 Å². The van der Waals surface area contributed by atoms with Gasteiger partial charge in [-0.2, -0.15) is 31.4 Å². The van der Waals surface area contributed by atoms with Gasteiger partial charge in [-0.25, -0.2) is 14.3 Å². The number of aliphatic carboxylic acids is 1. The summed E-state index contributed by atoms with van der Waals surface area (Å²) in [6.07, 6.45) is -8.88. The van der Waals surface area contributed by atoms with E-state index in [0.29, 0.717) is 28.1 Å². The van der Waals surface area contributed by atoms with Crippen molar-refractivity contribution in [3.63, 3.8) is 0 Å². The number of carbonyl (C=O) groups excluding carboxylic acids is 2. The molecule has 1 aromatic carbocycles. The number of nitrogens with zero attached hydrogens (tertiary/aromatic N) is 3. The van der Waals surface area contributed by atoms with Gasteiger partial charge in [-0.05, 0) is 30.2 Å². The number of H-pyrrole nitrogens is 1. The lowest BCUT2D eigenvalue weighted by Crippen LogP contribution is -2.54. The molecule has 1 aromatic heterocycles. The standard InChI is InChI=1S/C20H20F4N4O3.C2HF3O2/c1-2-13-9-14(25-26-18(13)30)7-12-3-4-16(21)15(8-12)19(31)27-5-6-28(17(29)10-27)11-20(22,23)24;3-2(4,5)1(6)7/h3-4,8-9H,2,5-7,10-11H2,1H3,(H,26,30);(H,6,7). The zero-order chi connectivity index (χ0) is 28.8. The van der Waals surface area contributed by atoms with Crippen molar-refractivity contribution in [1.29, 1.82) is 0 Å². The van der Waals surface area contributed by atoms with Crippen molar-refractivity contribution in [3.8, 4) is 0 Å². The molecule has 1 saturated heterocycles. The van der Waals surface area contributed by atoms with E-state index in [1.54, 1.807) is 6.07 Å². The average Bonchev–Trinajstić information content (AvgIpc) is 2.81. The number of nitrogens with one attached hydrogen (secondary N) is 1. The van der Waals surface area contributed by atoms with E-state index >= 15 is 0 Å². The molecule has 0 unspecified atom stereocenters. The Morgan fingerprint density at radius 2 is 1.71 bits per heavy atom. The van der Waals surface area contributed by atoms with Crippen LogP contribution in [0.1, 0.15) is 34.1 Å². The summed E-state index contributed by atoms with van der Waals surface area (Å²) in [6, 6.07) is 5.53. The number of hydrogen-bond acceptors (Lipinski definition) is 5. The molecule has 1 fully saturated rings. The molecule has 9 nitrogen and oxygen atoms in total. The summed E-state index contributed by atoms with van der Waals surface area (Å²) >= 11 is 0. The maximum absolute atomic E-state index is 14.3. The quantitative estimate of drug-likeness (QED) is 0.548. The molecule has 0 atom stereocenters. The maximum atomic E-state index is 14.3. The number of carbonyl (C=O) groups is 3. The van der Waals surface area contributed by atoms with E-state index in [9.17, 15) is 45.1 Å². The summed E-state index contributed by atoms with van der Waals surface area (Å²) in [6.45, 7) is -0.541. The van der Waals surface area contributed by atoms with Gasteiger partial charge in [0.1, 0.15) is 18.9 Å². The Morgan fingerprint density at radius 1 is 1.08 bits per heavy atom. The summed E-state index contributed by atoms with van der Waals surface area (Å²) in [5, 5.41) is 13.5. The fourth-order valence-corrected chi connectivity index (χ4v) is 3.34. The molecule has 38 heavy (non-hydrogen) atoms. The third-order valence-corrected chi connectivity index (χ3v) is 5.18. The molecular formula is C22H21F7N4O5. The number of carboxylic acid groups (broad SMARTS) is 1. The van der Waals surface area contributed by atoms with Crippen LogP contribution in [0.3, 0.4) is 0 Å². The molecule has 2 aromatic rings. The van der Waals surface area contributed by atoms with Gasteiger partial charge in [-0.15, -0.1) is 0 Å². The van der Waals surface area contributed by atoms with Gasteiger partial charge >= 0.3 is 18.3 Å². The smallest absolute Gasteiger partial charge is 0.475 e. The second-order valence-electron chi connectivity index (χ2n) is 8.02. The van der Waals surface area contributed by atoms with Gasteiger partial charge in [0.15, 0.2) is 0 Å². The van der Waals surface area contributed by atoms with Crippen LogP contribution in [0.2, 0.25) is 0 Å². The van der Waals surface area contributed by atoms with Crippen LogP contribution >= 0.6 is 0 Å².